The number of H-pyrrole nitrogens is 1. The number of hydrogen-bond donors (Lipinski definition) is 1. The van der Waals surface area contributed by atoms with Gasteiger partial charge in [-0.05, 0) is 23.8 Å². The number of benzene rings is 4. The number of ketones is 1. The SMILES string of the molecule is COc1ccccc1/C=C(/C(=O)OC(C(=O)c1c[nH]c2ccccc12)c1ccccc1)c1ccccc1. The molecule has 0 spiro atoms. The van der Waals surface area contributed by atoms with E-state index in [2.05, 4.69) is 4.98 Å². The second-order valence-electron chi connectivity index (χ2n) is 8.47. The molecule has 0 aliphatic carbocycles. The van der Waals surface area contributed by atoms with Gasteiger partial charge in [0, 0.05) is 33.8 Å². The summed E-state index contributed by atoms with van der Waals surface area (Å²) in [6.45, 7) is 0. The smallest absolute Gasteiger partial charge is 0.339 e. The minimum Gasteiger partial charge on any atom is -0.496 e. The number of aromatic amines is 1. The molecule has 0 fully saturated rings. The molecule has 0 bridgehead atoms. The number of ether oxygens (including phenoxy) is 2. The highest BCUT2D eigenvalue weighted by molar-refractivity contribution is 6.22. The molecule has 5 aromatic rings. The molecule has 5 rings (SSSR count). The van der Waals surface area contributed by atoms with E-state index in [1.54, 1.807) is 31.5 Å². The largest absolute Gasteiger partial charge is 0.496 e. The Morgan fingerprint density at radius 3 is 2.19 bits per heavy atom. The molecule has 0 saturated carbocycles. The molecule has 4 aromatic carbocycles. The first-order valence-corrected chi connectivity index (χ1v) is 11.9. The van der Waals surface area contributed by atoms with E-state index in [-0.39, 0.29) is 5.78 Å². The van der Waals surface area contributed by atoms with E-state index in [1.807, 2.05) is 97.1 Å². The monoisotopic (exact) mass is 487 g/mol. The van der Waals surface area contributed by atoms with Crippen molar-refractivity contribution in [1.29, 1.82) is 0 Å². The first kappa shape index (κ1) is 23.8. The van der Waals surface area contributed by atoms with Crippen LogP contribution in [-0.2, 0) is 9.53 Å². The van der Waals surface area contributed by atoms with E-state index in [4.69, 9.17) is 9.47 Å². The minimum atomic E-state index is -1.13. The molecule has 0 saturated heterocycles. The third-order valence-electron chi connectivity index (χ3n) is 6.16. The molecule has 5 nitrogen and oxygen atoms in total. The maximum Gasteiger partial charge on any atom is 0.339 e. The van der Waals surface area contributed by atoms with Gasteiger partial charge in [-0.2, -0.15) is 0 Å². The summed E-state index contributed by atoms with van der Waals surface area (Å²) >= 11 is 0. The number of esters is 1. The third-order valence-corrected chi connectivity index (χ3v) is 6.16. The van der Waals surface area contributed by atoms with E-state index in [1.165, 1.54) is 0 Å². The highest BCUT2D eigenvalue weighted by Crippen LogP contribution is 2.31. The number of methoxy groups -OCH3 is 1. The quantitative estimate of drug-likeness (QED) is 0.112. The fourth-order valence-corrected chi connectivity index (χ4v) is 4.31. The van der Waals surface area contributed by atoms with Crippen molar-refractivity contribution in [3.8, 4) is 5.75 Å². The molecule has 1 unspecified atom stereocenters. The summed E-state index contributed by atoms with van der Waals surface area (Å²) in [7, 11) is 1.58. The molecule has 37 heavy (non-hydrogen) atoms. The van der Waals surface area contributed by atoms with Crippen LogP contribution in [0.5, 0.6) is 5.75 Å². The lowest BCUT2D eigenvalue weighted by atomic mass is 9.98. The number of carbonyl (C=O) groups excluding carboxylic acids is 2. The molecule has 1 N–H and O–H groups in total. The molecular weight excluding hydrogens is 462 g/mol. The predicted octanol–water partition coefficient (Wildman–Crippen LogP) is 6.88. The van der Waals surface area contributed by atoms with Gasteiger partial charge in [-0.15, -0.1) is 0 Å². The molecular formula is C32H25NO4. The average molecular weight is 488 g/mol. The van der Waals surface area contributed by atoms with Crippen LogP contribution in [0.3, 0.4) is 0 Å². The van der Waals surface area contributed by atoms with E-state index in [0.29, 0.717) is 28.0 Å². The first-order chi connectivity index (χ1) is 18.2. The highest BCUT2D eigenvalue weighted by atomic mass is 16.5. The van der Waals surface area contributed by atoms with Gasteiger partial charge in [-0.1, -0.05) is 97.1 Å². The normalized spacial score (nSPS) is 12.2. The topological polar surface area (TPSA) is 68.4 Å². The van der Waals surface area contributed by atoms with Gasteiger partial charge in [0.15, 0.2) is 6.10 Å². The van der Waals surface area contributed by atoms with Crippen molar-refractivity contribution in [3.05, 3.63) is 138 Å². The fourth-order valence-electron chi connectivity index (χ4n) is 4.31. The van der Waals surface area contributed by atoms with Crippen molar-refractivity contribution < 1.29 is 19.1 Å². The van der Waals surface area contributed by atoms with Crippen LogP contribution >= 0.6 is 0 Å². The lowest BCUT2D eigenvalue weighted by Gasteiger charge is -2.19. The lowest BCUT2D eigenvalue weighted by molar-refractivity contribution is -0.140. The Morgan fingerprint density at radius 1 is 0.784 bits per heavy atom. The zero-order chi connectivity index (χ0) is 25.6. The van der Waals surface area contributed by atoms with Crippen LogP contribution in [-0.4, -0.2) is 23.8 Å². The van der Waals surface area contributed by atoms with Crippen LogP contribution in [0.15, 0.2) is 115 Å². The van der Waals surface area contributed by atoms with E-state index in [9.17, 15) is 9.59 Å². The molecule has 1 heterocycles. The molecule has 0 amide bonds. The van der Waals surface area contributed by atoms with Crippen molar-refractivity contribution in [3.63, 3.8) is 0 Å². The molecule has 0 radical (unpaired) electrons. The zero-order valence-electron chi connectivity index (χ0n) is 20.3. The van der Waals surface area contributed by atoms with E-state index >= 15 is 0 Å². The van der Waals surface area contributed by atoms with Gasteiger partial charge in [-0.3, -0.25) is 4.79 Å². The van der Waals surface area contributed by atoms with Gasteiger partial charge >= 0.3 is 5.97 Å². The second-order valence-corrected chi connectivity index (χ2v) is 8.47. The Bertz CT molecular complexity index is 1570. The zero-order valence-corrected chi connectivity index (χ0v) is 20.3. The summed E-state index contributed by atoms with van der Waals surface area (Å²) in [5, 5.41) is 0.775. The number of rotatable bonds is 8. The third kappa shape index (κ3) is 5.07. The minimum absolute atomic E-state index is 0.304. The van der Waals surface area contributed by atoms with Crippen LogP contribution < -0.4 is 4.74 Å². The summed E-state index contributed by atoms with van der Waals surface area (Å²) < 4.78 is 11.5. The van der Waals surface area contributed by atoms with E-state index < -0.39 is 12.1 Å². The van der Waals surface area contributed by atoms with Gasteiger partial charge < -0.3 is 14.5 Å². The molecule has 0 aliphatic rings. The Morgan fingerprint density at radius 2 is 1.43 bits per heavy atom. The predicted molar refractivity (Wildman–Crippen MR) is 145 cm³/mol. The number of carbonyl (C=O) groups is 2. The maximum absolute atomic E-state index is 13.8. The molecule has 1 atom stereocenters. The number of nitrogens with one attached hydrogen (secondary N) is 1. The van der Waals surface area contributed by atoms with Gasteiger partial charge in [0.05, 0.1) is 12.7 Å². The standard InChI is InChI=1S/C32H25NO4/c1-36-29-19-11-8-16-24(29)20-26(22-12-4-2-5-13-22)32(35)37-31(23-14-6-3-7-15-23)30(34)27-21-33-28-18-10-9-17-25(27)28/h2-21,31,33H,1H3/b26-20+. The summed E-state index contributed by atoms with van der Waals surface area (Å²) in [5.74, 6) is -0.293. The van der Waals surface area contributed by atoms with Crippen LogP contribution in [0.4, 0.5) is 0 Å². The van der Waals surface area contributed by atoms with Crippen molar-refractivity contribution in [1.82, 2.24) is 4.98 Å². The summed E-state index contributed by atoms with van der Waals surface area (Å²) in [5.41, 5.74) is 3.61. The number of hydrogen-bond acceptors (Lipinski definition) is 4. The number of para-hydroxylation sites is 2. The molecule has 182 valence electrons. The average Bonchev–Trinajstić information content (AvgIpc) is 3.39. The Labute approximate surface area is 215 Å². The number of fused-ring (bicyclic) bond motifs is 1. The first-order valence-electron chi connectivity index (χ1n) is 11.9. The van der Waals surface area contributed by atoms with Gasteiger partial charge in [0.25, 0.3) is 0 Å². The van der Waals surface area contributed by atoms with Crippen LogP contribution in [0.1, 0.15) is 33.2 Å². The van der Waals surface area contributed by atoms with Crippen molar-refractivity contribution in [2.75, 3.05) is 7.11 Å². The number of aromatic nitrogens is 1. The van der Waals surface area contributed by atoms with E-state index in [0.717, 1.165) is 16.5 Å². The molecule has 5 heteroatoms. The van der Waals surface area contributed by atoms with Gasteiger partial charge in [0.1, 0.15) is 5.75 Å². The fraction of sp³-hybridized carbons (Fsp3) is 0.0625. The Hall–Kier alpha value is -4.90. The van der Waals surface area contributed by atoms with Gasteiger partial charge in [0.2, 0.25) is 5.78 Å². The molecule has 0 aliphatic heterocycles. The Balaban J connectivity index is 1.57. The maximum atomic E-state index is 13.8. The van der Waals surface area contributed by atoms with Crippen LogP contribution in [0.2, 0.25) is 0 Å². The van der Waals surface area contributed by atoms with Crippen molar-refractivity contribution in [2.45, 2.75) is 6.10 Å². The number of Topliss-reactive ketones (excluding diaryl/α,β-unsaturated/α-hetero) is 1. The highest BCUT2D eigenvalue weighted by Gasteiger charge is 2.29. The molecule has 1 aromatic heterocycles. The summed E-state index contributed by atoms with van der Waals surface area (Å²) in [6.07, 6.45) is 2.27. The second kappa shape index (κ2) is 10.8. The Kier molecular flexibility index (Phi) is 6.95. The van der Waals surface area contributed by atoms with Crippen molar-refractivity contribution in [2.24, 2.45) is 0 Å². The van der Waals surface area contributed by atoms with Crippen molar-refractivity contribution >= 4 is 34.3 Å². The van der Waals surface area contributed by atoms with Crippen LogP contribution in [0.25, 0.3) is 22.6 Å². The summed E-state index contributed by atoms with van der Waals surface area (Å²) in [4.78, 5) is 30.8. The lowest BCUT2D eigenvalue weighted by Crippen LogP contribution is -2.21. The van der Waals surface area contributed by atoms with Gasteiger partial charge in [-0.25, -0.2) is 4.79 Å². The van der Waals surface area contributed by atoms with Crippen LogP contribution in [0, 0.1) is 0 Å². The summed E-state index contributed by atoms with van der Waals surface area (Å²) in [6, 6.07) is 33.3.